The minimum Gasteiger partial charge on any atom is -0.445 e. The second kappa shape index (κ2) is 7.22. The summed E-state index contributed by atoms with van der Waals surface area (Å²) in [4.78, 5) is 20.9. The van der Waals surface area contributed by atoms with E-state index < -0.39 is 17.8 Å². The summed E-state index contributed by atoms with van der Waals surface area (Å²) in [6.07, 6.45) is 2.68. The van der Waals surface area contributed by atoms with Gasteiger partial charge >= 0.3 is 6.03 Å². The highest BCUT2D eigenvalue weighted by Gasteiger charge is 2.14. The molecule has 9 heteroatoms. The van der Waals surface area contributed by atoms with Gasteiger partial charge in [0.2, 0.25) is 11.0 Å². The van der Waals surface area contributed by atoms with Crippen molar-refractivity contribution in [2.75, 3.05) is 17.3 Å². The number of nitrogens with zero attached hydrogens (tertiary/aromatic N) is 3. The molecule has 1 aromatic carbocycles. The highest BCUT2D eigenvalue weighted by molar-refractivity contribution is 7.17. The fourth-order valence-corrected chi connectivity index (χ4v) is 2.58. The van der Waals surface area contributed by atoms with E-state index in [4.69, 9.17) is 4.74 Å². The summed E-state index contributed by atoms with van der Waals surface area (Å²) in [5.41, 5.74) is 0.401. The van der Waals surface area contributed by atoms with E-state index in [1.807, 2.05) is 0 Å². The zero-order valence-corrected chi connectivity index (χ0v) is 13.8. The number of carbonyl (C=O) groups is 1. The van der Waals surface area contributed by atoms with Crippen LogP contribution in [0.5, 0.6) is 10.8 Å². The third-order valence-corrected chi connectivity index (χ3v) is 3.91. The van der Waals surface area contributed by atoms with Crippen molar-refractivity contribution in [1.29, 1.82) is 0 Å². The Labute approximate surface area is 145 Å². The van der Waals surface area contributed by atoms with Gasteiger partial charge in [0.05, 0.1) is 6.20 Å². The lowest BCUT2D eigenvalue weighted by molar-refractivity contribution is 0.258. The normalized spacial score (nSPS) is 10.4. The molecule has 6 nitrogen and oxygen atoms in total. The van der Waals surface area contributed by atoms with Crippen LogP contribution in [0, 0.1) is 11.8 Å². The molecule has 0 bridgehead atoms. The molecule has 2 aromatic heterocycles. The lowest BCUT2D eigenvalue weighted by atomic mass is 10.3. The number of urea groups is 1. The van der Waals surface area contributed by atoms with Gasteiger partial charge < -0.3 is 4.74 Å². The topological polar surface area (TPSA) is 67.4 Å². The number of pyridine rings is 1. The number of carbonyl (C=O) groups excluding carboxylic acids is 1. The molecule has 3 rings (SSSR count). The van der Waals surface area contributed by atoms with E-state index in [2.05, 4.69) is 15.3 Å². The Balaban J connectivity index is 1.65. The standard InChI is InChI=1S/C16H12F2N4O2S/c1-22(11-4-2-3-10(17)7-11)16(23)21-15-20-9-14(25-15)24-12-5-6-19-13(18)8-12/h2-9H,1H3,(H,20,21,23). The van der Waals surface area contributed by atoms with E-state index in [1.165, 1.54) is 48.6 Å². The molecule has 0 unspecified atom stereocenters. The van der Waals surface area contributed by atoms with Crippen LogP contribution in [0.4, 0.5) is 24.4 Å². The molecule has 0 aliphatic carbocycles. The molecule has 0 aliphatic heterocycles. The van der Waals surface area contributed by atoms with Crippen molar-refractivity contribution in [3.8, 4) is 10.8 Å². The van der Waals surface area contributed by atoms with Crippen molar-refractivity contribution >= 4 is 28.2 Å². The lowest BCUT2D eigenvalue weighted by Gasteiger charge is -2.16. The first kappa shape index (κ1) is 16.8. The van der Waals surface area contributed by atoms with E-state index in [-0.39, 0.29) is 10.9 Å². The fraction of sp³-hybridized carbons (Fsp3) is 0.0625. The Morgan fingerprint density at radius 2 is 2.08 bits per heavy atom. The molecule has 0 saturated carbocycles. The average Bonchev–Trinajstić information content (AvgIpc) is 3.01. The first-order valence-corrected chi connectivity index (χ1v) is 7.88. The zero-order valence-electron chi connectivity index (χ0n) is 12.9. The van der Waals surface area contributed by atoms with Crippen LogP contribution in [0.2, 0.25) is 0 Å². The minimum atomic E-state index is -0.660. The molecule has 2 amide bonds. The Kier molecular flexibility index (Phi) is 4.85. The third kappa shape index (κ3) is 4.27. The number of hydrogen-bond donors (Lipinski definition) is 1. The molecule has 0 spiro atoms. The number of anilines is 2. The molecule has 0 fully saturated rings. The first-order valence-electron chi connectivity index (χ1n) is 7.07. The van der Waals surface area contributed by atoms with Crippen LogP contribution in [-0.4, -0.2) is 23.0 Å². The molecular formula is C16H12F2N4O2S. The van der Waals surface area contributed by atoms with Crippen LogP contribution in [-0.2, 0) is 0 Å². The van der Waals surface area contributed by atoms with Crippen molar-refractivity contribution in [2.45, 2.75) is 0 Å². The number of aromatic nitrogens is 2. The van der Waals surface area contributed by atoms with Crippen LogP contribution >= 0.6 is 11.3 Å². The number of nitrogens with one attached hydrogen (secondary N) is 1. The second-order valence-electron chi connectivity index (χ2n) is 4.87. The largest absolute Gasteiger partial charge is 0.445 e. The van der Waals surface area contributed by atoms with Crippen LogP contribution in [0.1, 0.15) is 0 Å². The Bertz CT molecular complexity index is 903. The Hall–Kier alpha value is -3.07. The summed E-state index contributed by atoms with van der Waals surface area (Å²) in [7, 11) is 1.51. The summed E-state index contributed by atoms with van der Waals surface area (Å²) in [6, 6.07) is 7.81. The van der Waals surface area contributed by atoms with Gasteiger partial charge in [-0.2, -0.15) is 4.39 Å². The van der Waals surface area contributed by atoms with Gasteiger partial charge in [0, 0.05) is 25.0 Å². The zero-order chi connectivity index (χ0) is 17.8. The number of ether oxygens (including phenoxy) is 1. The molecule has 25 heavy (non-hydrogen) atoms. The molecule has 0 atom stereocenters. The Morgan fingerprint density at radius 3 is 2.84 bits per heavy atom. The van der Waals surface area contributed by atoms with E-state index in [9.17, 15) is 13.6 Å². The maximum absolute atomic E-state index is 13.2. The summed E-state index contributed by atoms with van der Waals surface area (Å²) in [5, 5.41) is 3.24. The van der Waals surface area contributed by atoms with Crippen molar-refractivity contribution < 1.29 is 18.3 Å². The van der Waals surface area contributed by atoms with E-state index in [0.717, 1.165) is 17.4 Å². The molecule has 0 aliphatic rings. The minimum absolute atomic E-state index is 0.269. The maximum Gasteiger partial charge on any atom is 0.327 e. The highest BCUT2D eigenvalue weighted by atomic mass is 32.1. The number of amides is 2. The summed E-state index contributed by atoms with van der Waals surface area (Å²) in [5.74, 6) is -0.829. The Morgan fingerprint density at radius 1 is 1.24 bits per heavy atom. The van der Waals surface area contributed by atoms with Crippen LogP contribution in [0.3, 0.4) is 0 Å². The molecule has 0 saturated heterocycles. The second-order valence-corrected chi connectivity index (χ2v) is 5.86. The summed E-state index contributed by atoms with van der Waals surface area (Å²) < 4.78 is 31.7. The van der Waals surface area contributed by atoms with Crippen LogP contribution < -0.4 is 15.0 Å². The van der Waals surface area contributed by atoms with E-state index in [0.29, 0.717) is 10.8 Å². The smallest absolute Gasteiger partial charge is 0.327 e. The van der Waals surface area contributed by atoms with Gasteiger partial charge in [0.1, 0.15) is 11.6 Å². The van der Waals surface area contributed by atoms with Crippen LogP contribution in [0.15, 0.2) is 48.8 Å². The molecule has 2 heterocycles. The fourth-order valence-electron chi connectivity index (χ4n) is 1.91. The summed E-state index contributed by atoms with van der Waals surface area (Å²) >= 11 is 1.07. The van der Waals surface area contributed by atoms with Crippen molar-refractivity contribution in [3.05, 3.63) is 60.6 Å². The van der Waals surface area contributed by atoms with Crippen molar-refractivity contribution in [2.24, 2.45) is 0 Å². The van der Waals surface area contributed by atoms with E-state index >= 15 is 0 Å². The van der Waals surface area contributed by atoms with Gasteiger partial charge in [-0.05, 0) is 24.3 Å². The van der Waals surface area contributed by atoms with Gasteiger partial charge in [-0.3, -0.25) is 10.2 Å². The predicted molar refractivity (Wildman–Crippen MR) is 90.2 cm³/mol. The molecule has 128 valence electrons. The number of halogens is 2. The van der Waals surface area contributed by atoms with Crippen LogP contribution in [0.25, 0.3) is 0 Å². The summed E-state index contributed by atoms with van der Waals surface area (Å²) in [6.45, 7) is 0. The number of benzene rings is 1. The molecule has 1 N–H and O–H groups in total. The molecular weight excluding hydrogens is 350 g/mol. The van der Waals surface area contributed by atoms with Gasteiger partial charge in [0.15, 0.2) is 5.13 Å². The number of thiazole rings is 1. The maximum atomic E-state index is 13.2. The van der Waals surface area contributed by atoms with Crippen molar-refractivity contribution in [3.63, 3.8) is 0 Å². The number of rotatable bonds is 4. The predicted octanol–water partition coefficient (Wildman–Crippen LogP) is 4.28. The third-order valence-electron chi connectivity index (χ3n) is 3.11. The monoisotopic (exact) mass is 362 g/mol. The lowest BCUT2D eigenvalue weighted by Crippen LogP contribution is -2.31. The SMILES string of the molecule is CN(C(=O)Nc1ncc(Oc2ccnc(F)c2)s1)c1cccc(F)c1. The first-order chi connectivity index (χ1) is 12.0. The van der Waals surface area contributed by atoms with Gasteiger partial charge in [-0.1, -0.05) is 17.4 Å². The van der Waals surface area contributed by atoms with Gasteiger partial charge in [0.25, 0.3) is 0 Å². The molecule has 0 radical (unpaired) electrons. The highest BCUT2D eigenvalue weighted by Crippen LogP contribution is 2.30. The quantitative estimate of drug-likeness (QED) is 0.704. The van der Waals surface area contributed by atoms with Gasteiger partial charge in [-0.25, -0.2) is 19.2 Å². The number of hydrogen-bond acceptors (Lipinski definition) is 5. The van der Waals surface area contributed by atoms with E-state index in [1.54, 1.807) is 6.07 Å². The van der Waals surface area contributed by atoms with Gasteiger partial charge in [-0.15, -0.1) is 0 Å². The van der Waals surface area contributed by atoms with Crippen molar-refractivity contribution in [1.82, 2.24) is 9.97 Å². The average molecular weight is 362 g/mol. The molecule has 3 aromatic rings.